The summed E-state index contributed by atoms with van der Waals surface area (Å²) in [4.78, 5) is 14.5. The number of anilines is 1. The van der Waals surface area contributed by atoms with Crippen LogP contribution in [0.1, 0.15) is 21.5 Å². The molecule has 1 amide bonds. The van der Waals surface area contributed by atoms with Crippen molar-refractivity contribution in [2.45, 2.75) is 13.0 Å². The molecule has 0 radical (unpaired) electrons. The minimum Gasteiger partial charge on any atom is -0.399 e. The third kappa shape index (κ3) is 3.14. The monoisotopic (exact) mass is 408 g/mol. The van der Waals surface area contributed by atoms with E-state index >= 15 is 0 Å². The Morgan fingerprint density at radius 1 is 1.05 bits per heavy atom. The third-order valence-corrected chi connectivity index (χ3v) is 4.55. The van der Waals surface area contributed by atoms with Gasteiger partial charge in [-0.25, -0.2) is 0 Å². The van der Waals surface area contributed by atoms with Gasteiger partial charge in [-0.05, 0) is 47.9 Å². The number of nitrogens with zero attached hydrogens (tertiary/aromatic N) is 1. The number of nitrogen functional groups attached to an aromatic ring is 1. The number of fused-ring (bicyclic) bond motifs is 1. The molecule has 0 saturated carbocycles. The van der Waals surface area contributed by atoms with Gasteiger partial charge in [-0.2, -0.15) is 0 Å². The Bertz CT molecular complexity index is 695. The van der Waals surface area contributed by atoms with Crippen molar-refractivity contribution in [3.05, 3.63) is 62.0 Å². The molecule has 0 unspecified atom stereocenters. The van der Waals surface area contributed by atoms with Crippen LogP contribution in [0.5, 0.6) is 0 Å². The molecule has 0 atom stereocenters. The normalized spacial score (nSPS) is 13.9. The van der Waals surface area contributed by atoms with E-state index in [2.05, 4.69) is 37.9 Å². The van der Waals surface area contributed by atoms with Crippen molar-refractivity contribution >= 4 is 43.5 Å². The Kier molecular flexibility index (Phi) is 4.04. The molecule has 3 nitrogen and oxygen atoms in total. The van der Waals surface area contributed by atoms with Crippen LogP contribution in [0.2, 0.25) is 0 Å². The van der Waals surface area contributed by atoms with E-state index in [1.807, 2.05) is 35.2 Å². The van der Waals surface area contributed by atoms with E-state index in [-0.39, 0.29) is 5.91 Å². The first kappa shape index (κ1) is 14.6. The van der Waals surface area contributed by atoms with Crippen molar-refractivity contribution in [1.82, 2.24) is 4.90 Å². The Balaban J connectivity index is 1.86. The number of carbonyl (C=O) groups is 1. The molecule has 2 aromatic carbocycles. The van der Waals surface area contributed by atoms with Crippen LogP contribution in [0.25, 0.3) is 0 Å². The minimum absolute atomic E-state index is 0.0464. The average Bonchev–Trinajstić information content (AvgIpc) is 2.44. The molecular formula is C16H14Br2N2O. The second-order valence-corrected chi connectivity index (χ2v) is 6.99. The number of nitrogens with two attached hydrogens (primary N) is 1. The van der Waals surface area contributed by atoms with Gasteiger partial charge in [0.15, 0.2) is 0 Å². The summed E-state index contributed by atoms with van der Waals surface area (Å²) in [5.41, 5.74) is 9.69. The smallest absolute Gasteiger partial charge is 0.254 e. The van der Waals surface area contributed by atoms with Crippen molar-refractivity contribution in [1.29, 1.82) is 0 Å². The first-order valence-electron chi connectivity index (χ1n) is 6.65. The number of rotatable bonds is 1. The summed E-state index contributed by atoms with van der Waals surface area (Å²) >= 11 is 6.85. The highest BCUT2D eigenvalue weighted by Crippen LogP contribution is 2.25. The van der Waals surface area contributed by atoms with Gasteiger partial charge < -0.3 is 10.6 Å². The molecule has 0 fully saturated rings. The van der Waals surface area contributed by atoms with Gasteiger partial charge in [0.05, 0.1) is 0 Å². The fourth-order valence-electron chi connectivity index (χ4n) is 2.61. The number of hydrogen-bond acceptors (Lipinski definition) is 2. The molecule has 3 rings (SSSR count). The number of carbonyl (C=O) groups excluding carboxylic acids is 1. The SMILES string of the molecule is Nc1ccc2c(c1)CN(C(=O)c1cc(Br)cc(Br)c1)CC2. The zero-order valence-electron chi connectivity index (χ0n) is 11.3. The van der Waals surface area contributed by atoms with Crippen molar-refractivity contribution in [3.8, 4) is 0 Å². The molecule has 0 saturated heterocycles. The van der Waals surface area contributed by atoms with Gasteiger partial charge in [-0.1, -0.05) is 37.9 Å². The van der Waals surface area contributed by atoms with E-state index in [1.165, 1.54) is 5.56 Å². The maximum atomic E-state index is 12.7. The maximum absolute atomic E-state index is 12.7. The van der Waals surface area contributed by atoms with Gasteiger partial charge >= 0.3 is 0 Å². The Morgan fingerprint density at radius 2 is 1.76 bits per heavy atom. The van der Waals surface area contributed by atoms with Gasteiger partial charge in [0.25, 0.3) is 5.91 Å². The molecule has 108 valence electrons. The molecule has 1 aliphatic heterocycles. The van der Waals surface area contributed by atoms with Gasteiger partial charge in [0.1, 0.15) is 0 Å². The zero-order valence-corrected chi connectivity index (χ0v) is 14.4. The van der Waals surface area contributed by atoms with Crippen LogP contribution in [-0.4, -0.2) is 17.4 Å². The summed E-state index contributed by atoms with van der Waals surface area (Å²) in [5, 5.41) is 0. The molecule has 1 heterocycles. The topological polar surface area (TPSA) is 46.3 Å². The van der Waals surface area contributed by atoms with Gasteiger partial charge in [0, 0.05) is 33.3 Å². The van der Waals surface area contributed by atoms with Crippen LogP contribution in [0, 0.1) is 0 Å². The third-order valence-electron chi connectivity index (χ3n) is 3.64. The summed E-state index contributed by atoms with van der Waals surface area (Å²) in [6.07, 6.45) is 0.872. The molecule has 2 N–H and O–H groups in total. The maximum Gasteiger partial charge on any atom is 0.254 e. The number of benzene rings is 2. The van der Waals surface area contributed by atoms with Crippen LogP contribution >= 0.6 is 31.9 Å². The van der Waals surface area contributed by atoms with E-state index in [0.717, 1.165) is 33.2 Å². The fourth-order valence-corrected chi connectivity index (χ4v) is 3.90. The summed E-state index contributed by atoms with van der Waals surface area (Å²) in [5.74, 6) is 0.0464. The quantitative estimate of drug-likeness (QED) is 0.723. The zero-order chi connectivity index (χ0) is 15.0. The average molecular weight is 410 g/mol. The fraction of sp³-hybridized carbons (Fsp3) is 0.188. The molecule has 0 aromatic heterocycles. The van der Waals surface area contributed by atoms with Crippen LogP contribution in [0.15, 0.2) is 45.3 Å². The summed E-state index contributed by atoms with van der Waals surface area (Å²) in [6, 6.07) is 11.6. The summed E-state index contributed by atoms with van der Waals surface area (Å²) in [7, 11) is 0. The van der Waals surface area contributed by atoms with Crippen LogP contribution in [0.4, 0.5) is 5.69 Å². The standard InChI is InChI=1S/C16H14Br2N2O/c17-13-5-11(6-14(18)8-13)16(21)20-4-3-10-1-2-15(19)7-12(10)9-20/h1-2,5-8H,3-4,9,19H2. The minimum atomic E-state index is 0.0464. The second kappa shape index (κ2) is 5.81. The van der Waals surface area contributed by atoms with E-state index in [1.54, 1.807) is 0 Å². The van der Waals surface area contributed by atoms with Crippen LogP contribution in [0.3, 0.4) is 0 Å². The van der Waals surface area contributed by atoms with E-state index in [9.17, 15) is 4.79 Å². The highest BCUT2D eigenvalue weighted by Gasteiger charge is 2.22. The molecule has 21 heavy (non-hydrogen) atoms. The van der Waals surface area contributed by atoms with Gasteiger partial charge in [-0.15, -0.1) is 0 Å². The van der Waals surface area contributed by atoms with E-state index < -0.39 is 0 Å². The number of hydrogen-bond donors (Lipinski definition) is 1. The first-order chi connectivity index (χ1) is 10.0. The highest BCUT2D eigenvalue weighted by molar-refractivity contribution is 9.11. The van der Waals surface area contributed by atoms with Crippen LogP contribution < -0.4 is 5.73 Å². The van der Waals surface area contributed by atoms with E-state index in [4.69, 9.17) is 5.73 Å². The molecule has 5 heteroatoms. The highest BCUT2D eigenvalue weighted by atomic mass is 79.9. The lowest BCUT2D eigenvalue weighted by atomic mass is 9.98. The summed E-state index contributed by atoms with van der Waals surface area (Å²) < 4.78 is 1.78. The lowest BCUT2D eigenvalue weighted by Crippen LogP contribution is -2.36. The first-order valence-corrected chi connectivity index (χ1v) is 8.24. The predicted octanol–water partition coefficient (Wildman–Crippen LogP) is 3.99. The van der Waals surface area contributed by atoms with Gasteiger partial charge in [0.2, 0.25) is 0 Å². The molecule has 0 bridgehead atoms. The van der Waals surface area contributed by atoms with Gasteiger partial charge in [-0.3, -0.25) is 4.79 Å². The van der Waals surface area contributed by atoms with Crippen molar-refractivity contribution in [3.63, 3.8) is 0 Å². The molecular weight excluding hydrogens is 396 g/mol. The molecule has 0 aliphatic carbocycles. The Morgan fingerprint density at radius 3 is 2.48 bits per heavy atom. The molecule has 2 aromatic rings. The van der Waals surface area contributed by atoms with Crippen LogP contribution in [-0.2, 0) is 13.0 Å². The van der Waals surface area contributed by atoms with Crippen molar-refractivity contribution in [2.24, 2.45) is 0 Å². The van der Waals surface area contributed by atoms with E-state index in [0.29, 0.717) is 12.1 Å². The Labute approximate surface area is 140 Å². The van der Waals surface area contributed by atoms with Crippen molar-refractivity contribution in [2.75, 3.05) is 12.3 Å². The predicted molar refractivity (Wildman–Crippen MR) is 91.1 cm³/mol. The number of amides is 1. The lowest BCUT2D eigenvalue weighted by molar-refractivity contribution is 0.0734. The van der Waals surface area contributed by atoms with Crippen molar-refractivity contribution < 1.29 is 4.79 Å². The summed E-state index contributed by atoms with van der Waals surface area (Å²) in [6.45, 7) is 1.35. The molecule has 0 spiro atoms. The number of halogens is 2. The molecule has 1 aliphatic rings. The Hall–Kier alpha value is -1.33. The second-order valence-electron chi connectivity index (χ2n) is 5.16. The largest absolute Gasteiger partial charge is 0.399 e. The lowest BCUT2D eigenvalue weighted by Gasteiger charge is -2.29.